The van der Waals surface area contributed by atoms with Crippen molar-refractivity contribution in [2.75, 3.05) is 0 Å². The fourth-order valence-corrected chi connectivity index (χ4v) is 2.72. The fourth-order valence-electron chi connectivity index (χ4n) is 2.13. The number of hydrazone groups is 1. The Morgan fingerprint density at radius 3 is 2.75 bits per heavy atom. The quantitative estimate of drug-likeness (QED) is 0.270. The second kappa shape index (κ2) is 9.20. The Morgan fingerprint density at radius 2 is 2.00 bits per heavy atom. The molecule has 1 heterocycles. The van der Waals surface area contributed by atoms with E-state index in [0.29, 0.717) is 5.56 Å². The second-order valence-electron chi connectivity index (χ2n) is 5.34. The number of hydrogen-bond donors (Lipinski definition) is 1. The molecule has 0 fully saturated rings. The minimum atomic E-state index is -0.605. The number of ether oxygens (including phenoxy) is 1. The number of carbonyl (C=O) groups is 2. The maximum Gasteiger partial charge on any atom is 0.345 e. The van der Waals surface area contributed by atoms with Gasteiger partial charge < -0.3 is 4.74 Å². The highest BCUT2D eigenvalue weighted by Crippen LogP contribution is 2.24. The number of halogens is 2. The Balaban J connectivity index is 1.76. The Hall–Kier alpha value is -3.10. The molecule has 1 amide bonds. The number of benzene rings is 2. The van der Waals surface area contributed by atoms with Crippen LogP contribution in [0.2, 0.25) is 5.02 Å². The summed E-state index contributed by atoms with van der Waals surface area (Å²) >= 11 is 9.38. The molecule has 3 aromatic rings. The molecule has 0 aliphatic rings. The van der Waals surface area contributed by atoms with Crippen LogP contribution < -0.4 is 10.2 Å². The van der Waals surface area contributed by atoms with E-state index < -0.39 is 11.9 Å². The first-order valence-corrected chi connectivity index (χ1v) is 9.07. The van der Waals surface area contributed by atoms with Gasteiger partial charge >= 0.3 is 5.97 Å². The molecule has 0 aliphatic heterocycles. The molecule has 3 rings (SSSR count). The molecule has 0 bridgehead atoms. The van der Waals surface area contributed by atoms with Crippen LogP contribution in [-0.4, -0.2) is 28.1 Å². The van der Waals surface area contributed by atoms with Gasteiger partial charge in [-0.2, -0.15) is 5.10 Å². The summed E-state index contributed by atoms with van der Waals surface area (Å²) in [6, 6.07) is 11.6. The Kier molecular flexibility index (Phi) is 6.46. The monoisotopic (exact) mass is 458 g/mol. The summed E-state index contributed by atoms with van der Waals surface area (Å²) in [6.07, 6.45) is 5.54. The van der Waals surface area contributed by atoms with Crippen molar-refractivity contribution in [3.05, 3.63) is 87.4 Å². The van der Waals surface area contributed by atoms with Gasteiger partial charge in [-0.05, 0) is 30.3 Å². The average Bonchev–Trinajstić information content (AvgIpc) is 2.70. The van der Waals surface area contributed by atoms with E-state index in [1.807, 2.05) is 0 Å². The van der Waals surface area contributed by atoms with Gasteiger partial charge in [0.2, 0.25) is 0 Å². The van der Waals surface area contributed by atoms with Crippen molar-refractivity contribution in [3.8, 4) is 5.75 Å². The molecular formula is C19H12BrClN4O3. The van der Waals surface area contributed by atoms with Gasteiger partial charge in [0.15, 0.2) is 0 Å². The lowest BCUT2D eigenvalue weighted by molar-refractivity contribution is 0.0734. The van der Waals surface area contributed by atoms with Gasteiger partial charge in [-0.3, -0.25) is 9.78 Å². The van der Waals surface area contributed by atoms with Crippen LogP contribution in [0.25, 0.3) is 0 Å². The van der Waals surface area contributed by atoms with Gasteiger partial charge in [-0.15, -0.1) is 0 Å². The van der Waals surface area contributed by atoms with Crippen molar-refractivity contribution in [2.24, 2.45) is 5.10 Å². The van der Waals surface area contributed by atoms with Crippen molar-refractivity contribution in [2.45, 2.75) is 0 Å². The third-order valence-corrected chi connectivity index (χ3v) is 4.26. The number of nitrogens with zero attached hydrogens (tertiary/aromatic N) is 3. The number of nitrogens with one attached hydrogen (secondary N) is 1. The van der Waals surface area contributed by atoms with E-state index in [0.717, 1.165) is 4.47 Å². The predicted molar refractivity (Wildman–Crippen MR) is 108 cm³/mol. The molecule has 0 unspecified atom stereocenters. The number of rotatable bonds is 5. The van der Waals surface area contributed by atoms with E-state index in [1.54, 1.807) is 42.5 Å². The van der Waals surface area contributed by atoms with E-state index >= 15 is 0 Å². The standard InChI is InChI=1S/C19H12BrClN4O3/c20-13-5-6-17(28-19(27)14-3-1-2-4-15(14)21)12(9-13)10-24-25-18(26)16-11-22-7-8-23-16/h1-11H,(H,25,26)/b24-10+. The first-order chi connectivity index (χ1) is 13.5. The predicted octanol–water partition coefficient (Wildman–Crippen LogP) is 3.88. The van der Waals surface area contributed by atoms with Crippen LogP contribution in [0.15, 0.2) is 70.6 Å². The van der Waals surface area contributed by atoms with Crippen molar-refractivity contribution >= 4 is 45.6 Å². The lowest BCUT2D eigenvalue weighted by atomic mass is 10.2. The van der Waals surface area contributed by atoms with Crippen LogP contribution in [0.3, 0.4) is 0 Å². The van der Waals surface area contributed by atoms with Crippen molar-refractivity contribution in [1.29, 1.82) is 0 Å². The largest absolute Gasteiger partial charge is 0.422 e. The zero-order chi connectivity index (χ0) is 19.9. The molecule has 2 aromatic carbocycles. The maximum atomic E-state index is 12.4. The molecule has 1 N–H and O–H groups in total. The molecule has 0 saturated heterocycles. The molecule has 0 atom stereocenters. The third-order valence-electron chi connectivity index (χ3n) is 3.43. The summed E-state index contributed by atoms with van der Waals surface area (Å²) in [5.74, 6) is -0.870. The van der Waals surface area contributed by atoms with Gasteiger partial charge in [-0.25, -0.2) is 15.2 Å². The molecule has 0 radical (unpaired) electrons. The van der Waals surface area contributed by atoms with Gasteiger partial charge in [-0.1, -0.05) is 39.7 Å². The second-order valence-corrected chi connectivity index (χ2v) is 6.66. The summed E-state index contributed by atoms with van der Waals surface area (Å²) < 4.78 is 6.18. The summed E-state index contributed by atoms with van der Waals surface area (Å²) in [5.41, 5.74) is 3.17. The third kappa shape index (κ3) is 4.99. The Morgan fingerprint density at radius 1 is 1.18 bits per heavy atom. The number of esters is 1. The minimum Gasteiger partial charge on any atom is -0.422 e. The van der Waals surface area contributed by atoms with E-state index in [4.69, 9.17) is 16.3 Å². The van der Waals surface area contributed by atoms with Gasteiger partial charge in [0.25, 0.3) is 5.91 Å². The fraction of sp³-hybridized carbons (Fsp3) is 0. The SMILES string of the molecule is O=C(N/N=C/c1cc(Br)ccc1OC(=O)c1ccccc1Cl)c1cnccn1. The molecule has 140 valence electrons. The van der Waals surface area contributed by atoms with Gasteiger partial charge in [0, 0.05) is 22.4 Å². The lowest BCUT2D eigenvalue weighted by Crippen LogP contribution is -2.19. The van der Waals surface area contributed by atoms with E-state index in [2.05, 4.69) is 36.4 Å². The molecule has 0 aliphatic carbocycles. The molecule has 0 spiro atoms. The summed E-state index contributed by atoms with van der Waals surface area (Å²) in [7, 11) is 0. The van der Waals surface area contributed by atoms with E-state index in [1.165, 1.54) is 24.8 Å². The van der Waals surface area contributed by atoms with E-state index in [9.17, 15) is 9.59 Å². The summed E-state index contributed by atoms with van der Waals surface area (Å²) in [4.78, 5) is 32.0. The van der Waals surface area contributed by atoms with Crippen LogP contribution in [0, 0.1) is 0 Å². The minimum absolute atomic E-state index is 0.124. The molecule has 28 heavy (non-hydrogen) atoms. The molecular weight excluding hydrogens is 448 g/mol. The maximum absolute atomic E-state index is 12.4. The van der Waals surface area contributed by atoms with Crippen molar-refractivity contribution < 1.29 is 14.3 Å². The molecule has 7 nitrogen and oxygen atoms in total. The number of amides is 1. The van der Waals surface area contributed by atoms with Crippen LogP contribution in [0.1, 0.15) is 26.4 Å². The van der Waals surface area contributed by atoms with Crippen molar-refractivity contribution in [3.63, 3.8) is 0 Å². The lowest BCUT2D eigenvalue weighted by Gasteiger charge is -2.09. The van der Waals surface area contributed by atoms with Crippen molar-refractivity contribution in [1.82, 2.24) is 15.4 Å². The normalized spacial score (nSPS) is 10.6. The van der Waals surface area contributed by atoms with E-state index in [-0.39, 0.29) is 22.0 Å². The number of hydrogen-bond acceptors (Lipinski definition) is 6. The highest BCUT2D eigenvalue weighted by molar-refractivity contribution is 9.10. The molecule has 1 aromatic heterocycles. The highest BCUT2D eigenvalue weighted by atomic mass is 79.9. The average molecular weight is 460 g/mol. The van der Waals surface area contributed by atoms with Crippen LogP contribution >= 0.6 is 27.5 Å². The first kappa shape index (κ1) is 19.7. The Labute approximate surface area is 173 Å². The van der Waals surface area contributed by atoms with Crippen LogP contribution in [-0.2, 0) is 0 Å². The highest BCUT2D eigenvalue weighted by Gasteiger charge is 2.14. The smallest absolute Gasteiger partial charge is 0.345 e. The Bertz CT molecular complexity index is 1040. The first-order valence-electron chi connectivity index (χ1n) is 7.90. The zero-order valence-electron chi connectivity index (χ0n) is 14.2. The number of aromatic nitrogens is 2. The topological polar surface area (TPSA) is 93.5 Å². The molecule has 9 heteroatoms. The summed E-state index contributed by atoms with van der Waals surface area (Å²) in [6.45, 7) is 0. The summed E-state index contributed by atoms with van der Waals surface area (Å²) in [5, 5.41) is 4.17. The molecule has 0 saturated carbocycles. The van der Waals surface area contributed by atoms with Gasteiger partial charge in [0.05, 0.1) is 23.0 Å². The van der Waals surface area contributed by atoms with Crippen LogP contribution in [0.4, 0.5) is 0 Å². The zero-order valence-corrected chi connectivity index (χ0v) is 16.5. The number of carbonyl (C=O) groups excluding carboxylic acids is 2. The van der Waals surface area contributed by atoms with Gasteiger partial charge in [0.1, 0.15) is 11.4 Å². The van der Waals surface area contributed by atoms with Crippen LogP contribution in [0.5, 0.6) is 5.75 Å².